The number of hydrogen-bond acceptors (Lipinski definition) is 3. The van der Waals surface area contributed by atoms with E-state index in [1.54, 1.807) is 20.1 Å². The largest absolute Gasteiger partial charge is 0.497 e. The second-order valence-corrected chi connectivity index (χ2v) is 3.97. The Hall–Kier alpha value is -1.48. The molecule has 1 aromatic carbocycles. The van der Waals surface area contributed by atoms with Crippen LogP contribution in [0.25, 0.3) is 0 Å². The van der Waals surface area contributed by atoms with Crippen molar-refractivity contribution in [2.75, 3.05) is 13.7 Å². The van der Waals surface area contributed by atoms with E-state index >= 15 is 0 Å². The summed E-state index contributed by atoms with van der Waals surface area (Å²) in [4.78, 5) is 0. The maximum absolute atomic E-state index is 9.65. The first-order valence-corrected chi connectivity index (χ1v) is 5.74. The summed E-state index contributed by atoms with van der Waals surface area (Å²) < 4.78 is 10.8. The van der Waals surface area contributed by atoms with Crippen molar-refractivity contribution in [1.29, 1.82) is 0 Å². The molecule has 0 spiro atoms. The van der Waals surface area contributed by atoms with Gasteiger partial charge in [0.15, 0.2) is 0 Å². The van der Waals surface area contributed by atoms with E-state index in [-0.39, 0.29) is 0 Å². The first-order valence-electron chi connectivity index (χ1n) is 5.74. The molecule has 0 amide bonds. The Morgan fingerprint density at radius 1 is 1.47 bits per heavy atom. The van der Waals surface area contributed by atoms with Crippen molar-refractivity contribution < 1.29 is 14.6 Å². The van der Waals surface area contributed by atoms with E-state index in [0.29, 0.717) is 18.1 Å². The second kappa shape index (κ2) is 6.30. The van der Waals surface area contributed by atoms with Crippen LogP contribution in [0.5, 0.6) is 11.5 Å². The number of hydrogen-bond donors (Lipinski definition) is 1. The van der Waals surface area contributed by atoms with Crippen LogP contribution in [0.3, 0.4) is 0 Å². The molecule has 0 fully saturated rings. The Kier molecular flexibility index (Phi) is 5.04. The fourth-order valence-electron chi connectivity index (χ4n) is 1.39. The molecule has 0 unspecified atom stereocenters. The summed E-state index contributed by atoms with van der Waals surface area (Å²) in [5, 5.41) is 9.65. The van der Waals surface area contributed by atoms with E-state index in [1.807, 2.05) is 19.1 Å². The lowest BCUT2D eigenvalue weighted by atomic mass is 10.1. The molecule has 0 radical (unpaired) electrons. The number of aliphatic hydroxyl groups is 1. The summed E-state index contributed by atoms with van der Waals surface area (Å²) >= 11 is 0. The smallest absolute Gasteiger partial charge is 0.129 e. The van der Waals surface area contributed by atoms with Gasteiger partial charge in [-0.25, -0.2) is 0 Å². The van der Waals surface area contributed by atoms with E-state index in [0.717, 1.165) is 17.6 Å². The van der Waals surface area contributed by atoms with E-state index in [4.69, 9.17) is 9.47 Å². The Morgan fingerprint density at radius 2 is 2.18 bits per heavy atom. The van der Waals surface area contributed by atoms with Gasteiger partial charge >= 0.3 is 0 Å². The molecule has 1 rings (SSSR count). The molecule has 0 heterocycles. The fraction of sp³-hybridized carbons (Fsp3) is 0.429. The van der Waals surface area contributed by atoms with Crippen LogP contribution in [0.1, 0.15) is 31.9 Å². The van der Waals surface area contributed by atoms with Gasteiger partial charge in [-0.15, -0.1) is 0 Å². The van der Waals surface area contributed by atoms with Gasteiger partial charge in [0.2, 0.25) is 0 Å². The SMILES string of the molecule is C=C(CC)COc1cc(OC)ccc1[C@H](C)O. The van der Waals surface area contributed by atoms with Crippen LogP contribution in [0.2, 0.25) is 0 Å². The first-order chi connectivity index (χ1) is 8.08. The predicted octanol–water partition coefficient (Wildman–Crippen LogP) is 3.09. The Labute approximate surface area is 103 Å². The molecule has 1 atom stereocenters. The summed E-state index contributed by atoms with van der Waals surface area (Å²) in [7, 11) is 1.60. The maximum atomic E-state index is 9.65. The molecular formula is C14H20O3. The highest BCUT2D eigenvalue weighted by molar-refractivity contribution is 5.42. The molecule has 0 saturated carbocycles. The molecule has 3 nitrogen and oxygen atoms in total. The molecule has 0 aliphatic rings. The van der Waals surface area contributed by atoms with Crippen molar-refractivity contribution >= 4 is 0 Å². The molecular weight excluding hydrogens is 216 g/mol. The topological polar surface area (TPSA) is 38.7 Å². The molecule has 1 aromatic rings. The molecule has 94 valence electrons. The predicted molar refractivity (Wildman–Crippen MR) is 68.6 cm³/mol. The Morgan fingerprint density at radius 3 is 2.71 bits per heavy atom. The van der Waals surface area contributed by atoms with Gasteiger partial charge in [-0.3, -0.25) is 0 Å². The van der Waals surface area contributed by atoms with Gasteiger partial charge in [-0.2, -0.15) is 0 Å². The zero-order valence-corrected chi connectivity index (χ0v) is 10.7. The van der Waals surface area contributed by atoms with E-state index in [1.165, 1.54) is 0 Å². The minimum absolute atomic E-state index is 0.462. The van der Waals surface area contributed by atoms with Crippen molar-refractivity contribution in [3.63, 3.8) is 0 Å². The standard InChI is InChI=1S/C14H20O3/c1-5-10(2)9-17-14-8-12(16-4)6-7-13(14)11(3)15/h6-8,11,15H,2,5,9H2,1,3-4H3/t11-/m0/s1. The number of aliphatic hydroxyl groups excluding tert-OH is 1. The molecule has 17 heavy (non-hydrogen) atoms. The molecule has 0 aliphatic heterocycles. The van der Waals surface area contributed by atoms with Crippen molar-refractivity contribution in [3.8, 4) is 11.5 Å². The summed E-state index contributed by atoms with van der Waals surface area (Å²) in [6.45, 7) is 8.09. The number of rotatable bonds is 6. The van der Waals surface area contributed by atoms with Gasteiger partial charge in [0.05, 0.1) is 13.2 Å². The highest BCUT2D eigenvalue weighted by Crippen LogP contribution is 2.29. The van der Waals surface area contributed by atoms with Crippen LogP contribution in [-0.2, 0) is 0 Å². The minimum atomic E-state index is -0.564. The first kappa shape index (κ1) is 13.6. The molecule has 3 heteroatoms. The summed E-state index contributed by atoms with van der Waals surface area (Å²) in [6, 6.07) is 5.40. The third-order valence-corrected chi connectivity index (χ3v) is 2.60. The van der Waals surface area contributed by atoms with Crippen LogP contribution >= 0.6 is 0 Å². The second-order valence-electron chi connectivity index (χ2n) is 3.97. The van der Waals surface area contributed by atoms with Crippen LogP contribution in [0, 0.1) is 0 Å². The minimum Gasteiger partial charge on any atom is -0.497 e. The van der Waals surface area contributed by atoms with Crippen LogP contribution in [-0.4, -0.2) is 18.8 Å². The third-order valence-electron chi connectivity index (χ3n) is 2.60. The maximum Gasteiger partial charge on any atom is 0.129 e. The van der Waals surface area contributed by atoms with Gasteiger partial charge in [0.1, 0.15) is 18.1 Å². The summed E-state index contributed by atoms with van der Waals surface area (Å²) in [5.74, 6) is 1.36. The van der Waals surface area contributed by atoms with Crippen molar-refractivity contribution in [1.82, 2.24) is 0 Å². The zero-order chi connectivity index (χ0) is 12.8. The molecule has 0 bridgehead atoms. The quantitative estimate of drug-likeness (QED) is 0.771. The average Bonchev–Trinajstić information content (AvgIpc) is 2.35. The lowest BCUT2D eigenvalue weighted by molar-refractivity contribution is 0.192. The monoisotopic (exact) mass is 236 g/mol. The van der Waals surface area contributed by atoms with Gasteiger partial charge in [-0.05, 0) is 31.1 Å². The molecule has 0 aliphatic carbocycles. The zero-order valence-electron chi connectivity index (χ0n) is 10.7. The highest BCUT2D eigenvalue weighted by Gasteiger charge is 2.10. The molecule has 0 saturated heterocycles. The Bertz CT molecular complexity index is 383. The number of methoxy groups -OCH3 is 1. The van der Waals surface area contributed by atoms with E-state index < -0.39 is 6.10 Å². The molecule has 0 aromatic heterocycles. The van der Waals surface area contributed by atoms with Crippen LogP contribution < -0.4 is 9.47 Å². The lowest BCUT2D eigenvalue weighted by Crippen LogP contribution is -2.04. The van der Waals surface area contributed by atoms with Crippen molar-refractivity contribution in [2.24, 2.45) is 0 Å². The van der Waals surface area contributed by atoms with Crippen LogP contribution in [0.15, 0.2) is 30.4 Å². The number of ether oxygens (including phenoxy) is 2. The van der Waals surface area contributed by atoms with Gasteiger partial charge in [0, 0.05) is 11.6 Å². The lowest BCUT2D eigenvalue weighted by Gasteiger charge is -2.15. The van der Waals surface area contributed by atoms with Crippen molar-refractivity contribution in [2.45, 2.75) is 26.4 Å². The van der Waals surface area contributed by atoms with Gasteiger partial charge in [-0.1, -0.05) is 13.5 Å². The third kappa shape index (κ3) is 3.79. The normalized spacial score (nSPS) is 12.0. The fourth-order valence-corrected chi connectivity index (χ4v) is 1.39. The highest BCUT2D eigenvalue weighted by atomic mass is 16.5. The van der Waals surface area contributed by atoms with E-state index in [2.05, 4.69) is 6.58 Å². The van der Waals surface area contributed by atoms with Crippen LogP contribution in [0.4, 0.5) is 0 Å². The van der Waals surface area contributed by atoms with Gasteiger partial charge in [0.25, 0.3) is 0 Å². The number of benzene rings is 1. The molecule has 1 N–H and O–H groups in total. The van der Waals surface area contributed by atoms with Gasteiger partial charge < -0.3 is 14.6 Å². The van der Waals surface area contributed by atoms with E-state index in [9.17, 15) is 5.11 Å². The Balaban J connectivity index is 2.89. The summed E-state index contributed by atoms with van der Waals surface area (Å²) in [6.07, 6.45) is 0.319. The summed E-state index contributed by atoms with van der Waals surface area (Å²) in [5.41, 5.74) is 1.78. The van der Waals surface area contributed by atoms with Crippen molar-refractivity contribution in [3.05, 3.63) is 35.9 Å². The average molecular weight is 236 g/mol.